The molecule has 192 valence electrons. The number of carbonyl (C=O) groups is 2. The Labute approximate surface area is 228 Å². The van der Waals surface area contributed by atoms with Gasteiger partial charge in [0.05, 0.1) is 11.6 Å². The maximum absolute atomic E-state index is 13.6. The number of rotatable bonds is 6. The van der Waals surface area contributed by atoms with E-state index in [1.807, 2.05) is 42.5 Å². The monoisotopic (exact) mass is 559 g/mol. The molecule has 0 radical (unpaired) electrons. The molecule has 1 N–H and O–H groups in total. The first kappa shape index (κ1) is 25.7. The summed E-state index contributed by atoms with van der Waals surface area (Å²) in [5, 5.41) is 3.27. The molecule has 1 unspecified atom stereocenters. The Morgan fingerprint density at radius 2 is 1.59 bits per heavy atom. The maximum Gasteiger partial charge on any atom is 0.254 e. The van der Waals surface area contributed by atoms with Gasteiger partial charge in [-0.1, -0.05) is 70.5 Å². The summed E-state index contributed by atoms with van der Waals surface area (Å²) >= 11 is 3.48. The van der Waals surface area contributed by atoms with E-state index in [-0.39, 0.29) is 23.4 Å². The van der Waals surface area contributed by atoms with Gasteiger partial charge in [0, 0.05) is 43.1 Å². The summed E-state index contributed by atoms with van der Waals surface area (Å²) in [4.78, 5) is 30.2. The fourth-order valence-electron chi connectivity index (χ4n) is 6.01. The Hall–Kier alpha value is -2.96. The summed E-state index contributed by atoms with van der Waals surface area (Å²) in [6.07, 6.45) is 3.52. The van der Waals surface area contributed by atoms with E-state index >= 15 is 0 Å². The number of hydrogen-bond acceptors (Lipinski definition) is 3. The van der Waals surface area contributed by atoms with Crippen LogP contribution in [0, 0.1) is 0 Å². The van der Waals surface area contributed by atoms with Gasteiger partial charge in [0.1, 0.15) is 0 Å². The molecule has 6 heteroatoms. The summed E-state index contributed by atoms with van der Waals surface area (Å²) in [5.74, 6) is 0.109. The second-order valence-corrected chi connectivity index (χ2v) is 11.1. The van der Waals surface area contributed by atoms with Crippen LogP contribution in [0.25, 0.3) is 0 Å². The third-order valence-corrected chi connectivity index (χ3v) is 8.46. The predicted molar refractivity (Wildman–Crippen MR) is 150 cm³/mol. The Morgan fingerprint density at radius 3 is 2.30 bits per heavy atom. The number of nitrogens with one attached hydrogen (secondary N) is 1. The van der Waals surface area contributed by atoms with E-state index in [0.29, 0.717) is 0 Å². The molecule has 0 aromatic heterocycles. The van der Waals surface area contributed by atoms with Crippen LogP contribution in [0.2, 0.25) is 0 Å². The number of carbonyl (C=O) groups excluding carboxylic acids is 2. The topological polar surface area (TPSA) is 52.7 Å². The molecule has 3 aromatic rings. The van der Waals surface area contributed by atoms with E-state index in [9.17, 15) is 9.59 Å². The number of benzene rings is 3. The molecule has 1 saturated heterocycles. The van der Waals surface area contributed by atoms with Gasteiger partial charge in [-0.25, -0.2) is 0 Å². The molecule has 5 rings (SSSR count). The van der Waals surface area contributed by atoms with Gasteiger partial charge in [-0.15, -0.1) is 0 Å². The van der Waals surface area contributed by atoms with Crippen molar-refractivity contribution in [2.75, 3.05) is 26.2 Å². The molecule has 2 aliphatic heterocycles. The zero-order valence-electron chi connectivity index (χ0n) is 21.3. The number of likely N-dealkylation sites (tertiary alicyclic amines) is 1. The number of nitrogens with zero attached hydrogens (tertiary/aromatic N) is 2. The lowest BCUT2D eigenvalue weighted by Crippen LogP contribution is -2.53. The van der Waals surface area contributed by atoms with Crippen molar-refractivity contribution in [3.8, 4) is 0 Å². The van der Waals surface area contributed by atoms with Crippen LogP contribution in [0.3, 0.4) is 0 Å². The summed E-state index contributed by atoms with van der Waals surface area (Å²) in [6.45, 7) is 5.06. The summed E-state index contributed by atoms with van der Waals surface area (Å²) in [6, 6.07) is 26.6. The normalized spacial score (nSPS) is 19.2. The molecule has 3 aromatic carbocycles. The van der Waals surface area contributed by atoms with E-state index < -0.39 is 0 Å². The average molecular weight is 561 g/mol. The lowest BCUT2D eigenvalue weighted by atomic mass is 9.80. The van der Waals surface area contributed by atoms with Crippen LogP contribution in [-0.2, 0) is 16.8 Å². The van der Waals surface area contributed by atoms with Crippen molar-refractivity contribution in [3.63, 3.8) is 0 Å². The Kier molecular flexibility index (Phi) is 7.77. The fourth-order valence-corrected chi connectivity index (χ4v) is 6.27. The van der Waals surface area contributed by atoms with E-state index in [2.05, 4.69) is 67.4 Å². The minimum absolute atomic E-state index is 0.0122. The molecule has 0 aliphatic carbocycles. The predicted octanol–water partition coefficient (Wildman–Crippen LogP) is 5.71. The number of piperidine rings is 1. The lowest BCUT2D eigenvalue weighted by molar-refractivity contribution is -0.121. The zero-order valence-corrected chi connectivity index (χ0v) is 22.9. The quantitative estimate of drug-likeness (QED) is 0.421. The van der Waals surface area contributed by atoms with Crippen LogP contribution < -0.4 is 5.32 Å². The molecule has 1 atom stereocenters. The van der Waals surface area contributed by atoms with Gasteiger partial charge >= 0.3 is 0 Å². The third-order valence-electron chi connectivity index (χ3n) is 7.93. The molecule has 37 heavy (non-hydrogen) atoms. The fraction of sp³-hybridized carbons (Fsp3) is 0.355. The lowest BCUT2D eigenvalue weighted by Gasteiger charge is -2.44. The molecule has 2 amide bonds. The number of fused-ring (bicyclic) bond motifs is 1. The molecule has 2 aliphatic rings. The van der Waals surface area contributed by atoms with E-state index in [4.69, 9.17) is 0 Å². The first-order valence-electron chi connectivity index (χ1n) is 13.2. The largest absolute Gasteiger partial charge is 0.347 e. The number of hydrogen-bond donors (Lipinski definition) is 1. The number of halogens is 1. The molecular weight excluding hydrogens is 526 g/mol. The molecular formula is C31H34BrN3O2. The van der Waals surface area contributed by atoms with Crippen LogP contribution in [0.5, 0.6) is 0 Å². The molecule has 2 heterocycles. The summed E-state index contributed by atoms with van der Waals surface area (Å²) in [5.41, 5.74) is 4.21. The third kappa shape index (κ3) is 5.65. The van der Waals surface area contributed by atoms with Gasteiger partial charge in [0.15, 0.2) is 0 Å². The van der Waals surface area contributed by atoms with E-state index in [1.165, 1.54) is 16.7 Å². The van der Waals surface area contributed by atoms with Crippen molar-refractivity contribution in [3.05, 3.63) is 106 Å². The van der Waals surface area contributed by atoms with Crippen LogP contribution in [0.1, 0.15) is 59.3 Å². The molecule has 0 bridgehead atoms. The van der Waals surface area contributed by atoms with Crippen molar-refractivity contribution < 1.29 is 9.59 Å². The van der Waals surface area contributed by atoms with E-state index in [1.54, 1.807) is 6.92 Å². The first-order valence-corrected chi connectivity index (χ1v) is 14.0. The minimum atomic E-state index is -0.315. The van der Waals surface area contributed by atoms with Crippen molar-refractivity contribution in [2.24, 2.45) is 0 Å². The van der Waals surface area contributed by atoms with Gasteiger partial charge in [-0.2, -0.15) is 0 Å². The highest BCUT2D eigenvalue weighted by Gasteiger charge is 2.37. The standard InChI is InChI=1S/C31H34BrN3O2/c1-23(36)33-31(26-8-3-2-4-9-26)17-21-34(22-18-31)19-16-29-28-10-6-5-7-24(28)15-20-35(29)30(37)25-11-13-27(32)14-12-25/h2-14,29H,15-22H2,1H3,(H,33,36). The molecule has 1 fully saturated rings. The van der Waals surface area contributed by atoms with Crippen molar-refractivity contribution >= 4 is 27.7 Å². The van der Waals surface area contributed by atoms with Crippen LogP contribution in [-0.4, -0.2) is 47.8 Å². The Balaban J connectivity index is 1.31. The number of amides is 2. The summed E-state index contributed by atoms with van der Waals surface area (Å²) < 4.78 is 0.973. The van der Waals surface area contributed by atoms with Gasteiger partial charge < -0.3 is 15.1 Å². The van der Waals surface area contributed by atoms with E-state index in [0.717, 1.165) is 61.9 Å². The van der Waals surface area contributed by atoms with Crippen LogP contribution in [0.4, 0.5) is 0 Å². The summed E-state index contributed by atoms with van der Waals surface area (Å²) in [7, 11) is 0. The average Bonchev–Trinajstić information content (AvgIpc) is 2.92. The second-order valence-electron chi connectivity index (χ2n) is 10.2. The highest BCUT2D eigenvalue weighted by Crippen LogP contribution is 2.36. The van der Waals surface area contributed by atoms with Crippen LogP contribution in [0.15, 0.2) is 83.3 Å². The SMILES string of the molecule is CC(=O)NC1(c2ccccc2)CCN(CCC2c3ccccc3CCN2C(=O)c2ccc(Br)cc2)CC1. The smallest absolute Gasteiger partial charge is 0.254 e. The first-order chi connectivity index (χ1) is 17.9. The highest BCUT2D eigenvalue weighted by atomic mass is 79.9. The van der Waals surface area contributed by atoms with Crippen LogP contribution >= 0.6 is 15.9 Å². The molecule has 5 nitrogen and oxygen atoms in total. The van der Waals surface area contributed by atoms with Crippen molar-refractivity contribution in [1.82, 2.24) is 15.1 Å². The molecule has 0 saturated carbocycles. The van der Waals surface area contributed by atoms with Gasteiger partial charge in [0.2, 0.25) is 5.91 Å². The van der Waals surface area contributed by atoms with Crippen molar-refractivity contribution in [1.29, 1.82) is 0 Å². The van der Waals surface area contributed by atoms with Gasteiger partial charge in [-0.05, 0) is 66.6 Å². The highest BCUT2D eigenvalue weighted by molar-refractivity contribution is 9.10. The van der Waals surface area contributed by atoms with Crippen molar-refractivity contribution in [2.45, 2.75) is 44.2 Å². The van der Waals surface area contributed by atoms with Gasteiger partial charge in [0.25, 0.3) is 5.91 Å². The molecule has 0 spiro atoms. The Bertz CT molecular complexity index is 1240. The second kappa shape index (κ2) is 11.2. The Morgan fingerprint density at radius 1 is 0.919 bits per heavy atom. The zero-order chi connectivity index (χ0) is 25.8. The van der Waals surface area contributed by atoms with Gasteiger partial charge in [-0.3, -0.25) is 9.59 Å². The minimum Gasteiger partial charge on any atom is -0.347 e. The maximum atomic E-state index is 13.6.